The summed E-state index contributed by atoms with van der Waals surface area (Å²) in [7, 11) is 0. The zero-order valence-corrected chi connectivity index (χ0v) is 19.2. The Morgan fingerprint density at radius 3 is 2.33 bits per heavy atom. The minimum atomic E-state index is -1.32. The van der Waals surface area contributed by atoms with Gasteiger partial charge < -0.3 is 20.9 Å². The second-order valence-electron chi connectivity index (χ2n) is 7.93. The molecular formula is C28H23N3O5. The van der Waals surface area contributed by atoms with Gasteiger partial charge in [0.05, 0.1) is 12.2 Å². The van der Waals surface area contributed by atoms with E-state index in [9.17, 15) is 19.5 Å². The van der Waals surface area contributed by atoms with Crippen molar-refractivity contribution in [2.45, 2.75) is 6.42 Å². The van der Waals surface area contributed by atoms with Crippen LogP contribution in [0.15, 0.2) is 91.1 Å². The minimum Gasteiger partial charge on any atom is -0.493 e. The summed E-state index contributed by atoms with van der Waals surface area (Å²) >= 11 is 0. The van der Waals surface area contributed by atoms with Crippen LogP contribution >= 0.6 is 0 Å². The summed E-state index contributed by atoms with van der Waals surface area (Å²) in [5.74, 6) is -1.89. The first-order valence-electron chi connectivity index (χ1n) is 11.1. The number of nitrogens with one attached hydrogen (secondary N) is 1. The van der Waals surface area contributed by atoms with Crippen LogP contribution in [-0.4, -0.2) is 34.5 Å². The minimum absolute atomic E-state index is 0.305. The van der Waals surface area contributed by atoms with E-state index in [2.05, 4.69) is 22.4 Å². The first-order chi connectivity index (χ1) is 17.4. The summed E-state index contributed by atoms with van der Waals surface area (Å²) in [6.45, 7) is 0.543. The number of pyridine rings is 1. The number of nitrogens with zero attached hydrogens (tertiary/aromatic N) is 1. The Morgan fingerprint density at radius 2 is 1.64 bits per heavy atom. The highest BCUT2D eigenvalue weighted by Crippen LogP contribution is 2.23. The number of benzene rings is 3. The predicted octanol–water partition coefficient (Wildman–Crippen LogP) is 4.42. The number of hydrogen-bond acceptors (Lipinski definition) is 5. The van der Waals surface area contributed by atoms with Gasteiger partial charge >= 0.3 is 5.97 Å². The van der Waals surface area contributed by atoms with E-state index >= 15 is 0 Å². The van der Waals surface area contributed by atoms with Crippen molar-refractivity contribution >= 4 is 23.5 Å². The summed E-state index contributed by atoms with van der Waals surface area (Å²) in [5, 5.41) is 12.2. The molecule has 0 bridgehead atoms. The monoisotopic (exact) mass is 481 g/mol. The van der Waals surface area contributed by atoms with Crippen LogP contribution in [0.5, 0.6) is 5.75 Å². The van der Waals surface area contributed by atoms with Crippen LogP contribution in [0, 0.1) is 0 Å². The predicted molar refractivity (Wildman–Crippen MR) is 135 cm³/mol. The standard InChI is InChI=1S/C28H23N3O5/c29-26(32)25-24(28(34)35)16-21(17-30-25)19-7-4-8-20(15-19)27(33)31-22-9-11-23(12-10-22)36-14-13-18-5-2-1-3-6-18/h1-12,15-17H,13-14H2,(H2,29,32)(H,31,33)(H,34,35). The topological polar surface area (TPSA) is 132 Å². The number of carboxylic acids is 1. The molecule has 0 aliphatic rings. The third-order valence-electron chi connectivity index (χ3n) is 5.42. The molecule has 4 aromatic rings. The lowest BCUT2D eigenvalue weighted by molar-refractivity contribution is 0.0691. The van der Waals surface area contributed by atoms with Crippen molar-refractivity contribution in [2.24, 2.45) is 5.73 Å². The number of rotatable bonds is 9. The van der Waals surface area contributed by atoms with E-state index in [4.69, 9.17) is 10.5 Å². The highest BCUT2D eigenvalue weighted by atomic mass is 16.5. The van der Waals surface area contributed by atoms with Crippen LogP contribution in [0.25, 0.3) is 11.1 Å². The fourth-order valence-electron chi connectivity index (χ4n) is 3.59. The maximum absolute atomic E-state index is 12.8. The number of carbonyl (C=O) groups is 3. The first kappa shape index (κ1) is 24.2. The van der Waals surface area contributed by atoms with Gasteiger partial charge in [-0.3, -0.25) is 9.59 Å². The van der Waals surface area contributed by atoms with Gasteiger partial charge in [0.1, 0.15) is 11.4 Å². The third kappa shape index (κ3) is 5.92. The molecule has 8 heteroatoms. The summed E-state index contributed by atoms with van der Waals surface area (Å²) < 4.78 is 5.78. The molecule has 0 fully saturated rings. The number of aromatic carboxylic acids is 1. The molecule has 0 radical (unpaired) electrons. The van der Waals surface area contributed by atoms with E-state index in [0.717, 1.165) is 6.42 Å². The average molecular weight is 482 g/mol. The summed E-state index contributed by atoms with van der Waals surface area (Å²) in [6.07, 6.45) is 2.14. The van der Waals surface area contributed by atoms with Gasteiger partial charge in [-0.2, -0.15) is 0 Å². The molecule has 0 atom stereocenters. The van der Waals surface area contributed by atoms with Gasteiger partial charge in [-0.1, -0.05) is 42.5 Å². The normalized spacial score (nSPS) is 10.4. The molecule has 1 aromatic heterocycles. The lowest BCUT2D eigenvalue weighted by atomic mass is 10.0. The largest absolute Gasteiger partial charge is 0.493 e. The highest BCUT2D eigenvalue weighted by Gasteiger charge is 2.18. The molecule has 0 aliphatic heterocycles. The molecule has 3 aromatic carbocycles. The smallest absolute Gasteiger partial charge is 0.338 e. The molecule has 180 valence electrons. The molecule has 4 rings (SSSR count). The lowest BCUT2D eigenvalue weighted by Gasteiger charge is -2.10. The van der Waals surface area contributed by atoms with Crippen LogP contribution < -0.4 is 15.8 Å². The van der Waals surface area contributed by atoms with Gasteiger partial charge in [0.2, 0.25) is 0 Å². The Morgan fingerprint density at radius 1 is 0.889 bits per heavy atom. The van der Waals surface area contributed by atoms with E-state index in [1.165, 1.54) is 17.8 Å². The number of primary amides is 1. The molecule has 1 heterocycles. The van der Waals surface area contributed by atoms with Crippen LogP contribution in [0.1, 0.15) is 36.8 Å². The number of aromatic nitrogens is 1. The Labute approximate surface area is 207 Å². The van der Waals surface area contributed by atoms with Gasteiger partial charge in [-0.25, -0.2) is 9.78 Å². The molecular weight excluding hydrogens is 458 g/mol. The fourth-order valence-corrected chi connectivity index (χ4v) is 3.59. The lowest BCUT2D eigenvalue weighted by Crippen LogP contribution is -2.18. The summed E-state index contributed by atoms with van der Waals surface area (Å²) in [5.41, 5.74) is 7.74. The van der Waals surface area contributed by atoms with E-state index < -0.39 is 11.9 Å². The number of carboxylic acid groups (broad SMARTS) is 1. The van der Waals surface area contributed by atoms with Crippen LogP contribution in [0.2, 0.25) is 0 Å². The molecule has 4 N–H and O–H groups in total. The molecule has 0 unspecified atom stereocenters. The van der Waals surface area contributed by atoms with Gasteiger partial charge in [0.25, 0.3) is 11.8 Å². The maximum atomic E-state index is 12.8. The number of nitrogens with two attached hydrogens (primary N) is 1. The Bertz CT molecular complexity index is 1400. The third-order valence-corrected chi connectivity index (χ3v) is 5.42. The van der Waals surface area contributed by atoms with Crippen molar-refractivity contribution in [3.63, 3.8) is 0 Å². The molecule has 0 saturated carbocycles. The highest BCUT2D eigenvalue weighted by molar-refractivity contribution is 6.05. The second-order valence-corrected chi connectivity index (χ2v) is 7.93. The molecule has 0 aliphatic carbocycles. The molecule has 0 saturated heterocycles. The molecule has 36 heavy (non-hydrogen) atoms. The van der Waals surface area contributed by atoms with Crippen LogP contribution in [-0.2, 0) is 6.42 Å². The van der Waals surface area contributed by atoms with Crippen LogP contribution in [0.4, 0.5) is 5.69 Å². The summed E-state index contributed by atoms with van der Waals surface area (Å²) in [6, 6.07) is 25.1. The number of ether oxygens (including phenoxy) is 1. The average Bonchev–Trinajstić information content (AvgIpc) is 2.90. The van der Waals surface area contributed by atoms with Crippen molar-refractivity contribution in [1.29, 1.82) is 0 Å². The molecule has 0 spiro atoms. The fraction of sp³-hybridized carbons (Fsp3) is 0.0714. The van der Waals surface area contributed by atoms with Gasteiger partial charge in [0, 0.05) is 29.4 Å². The van der Waals surface area contributed by atoms with Gasteiger partial charge in [-0.05, 0) is 53.6 Å². The second kappa shape index (κ2) is 11.0. The van der Waals surface area contributed by atoms with Crippen molar-refractivity contribution in [3.8, 4) is 16.9 Å². The first-order valence-corrected chi connectivity index (χ1v) is 11.1. The van der Waals surface area contributed by atoms with Gasteiger partial charge in [-0.15, -0.1) is 0 Å². The zero-order chi connectivity index (χ0) is 25.5. The Kier molecular flexibility index (Phi) is 7.36. The number of carbonyl (C=O) groups excluding carboxylic acids is 2. The zero-order valence-electron chi connectivity index (χ0n) is 19.2. The van der Waals surface area contributed by atoms with E-state index in [1.807, 2.05) is 18.2 Å². The maximum Gasteiger partial charge on any atom is 0.338 e. The van der Waals surface area contributed by atoms with E-state index in [0.29, 0.717) is 34.7 Å². The molecule has 8 nitrogen and oxygen atoms in total. The number of anilines is 1. The van der Waals surface area contributed by atoms with Crippen LogP contribution in [0.3, 0.4) is 0 Å². The summed E-state index contributed by atoms with van der Waals surface area (Å²) in [4.78, 5) is 39.7. The van der Waals surface area contributed by atoms with Gasteiger partial charge in [0.15, 0.2) is 0 Å². The SMILES string of the molecule is NC(=O)c1ncc(-c2cccc(C(=O)Nc3ccc(OCCc4ccccc4)cc3)c2)cc1C(=O)O. The van der Waals surface area contributed by atoms with Crippen molar-refractivity contribution in [1.82, 2.24) is 4.98 Å². The molecule has 2 amide bonds. The quantitative estimate of drug-likeness (QED) is 0.324. The Balaban J connectivity index is 1.42. The van der Waals surface area contributed by atoms with E-state index in [1.54, 1.807) is 48.5 Å². The van der Waals surface area contributed by atoms with Crippen molar-refractivity contribution < 1.29 is 24.2 Å². The van der Waals surface area contributed by atoms with E-state index in [-0.39, 0.29) is 17.2 Å². The Hall–Kier alpha value is -4.98. The van der Waals surface area contributed by atoms with Crippen molar-refractivity contribution in [3.05, 3.63) is 114 Å². The van der Waals surface area contributed by atoms with Crippen molar-refractivity contribution in [2.75, 3.05) is 11.9 Å². The number of amides is 2. The number of hydrogen-bond donors (Lipinski definition) is 3.